The highest BCUT2D eigenvalue weighted by Gasteiger charge is 2.25. The molecule has 1 aromatic rings. The summed E-state index contributed by atoms with van der Waals surface area (Å²) >= 11 is 0. The molecule has 26 heavy (non-hydrogen) atoms. The minimum absolute atomic E-state index is 0.0347. The van der Waals surface area contributed by atoms with Gasteiger partial charge in [0.2, 0.25) is 0 Å². The van der Waals surface area contributed by atoms with Gasteiger partial charge in [-0.25, -0.2) is 14.4 Å². The number of nitro benzene ring substituents is 1. The Morgan fingerprint density at radius 3 is 2.27 bits per heavy atom. The van der Waals surface area contributed by atoms with Crippen LogP contribution in [0, 0.1) is 10.1 Å². The summed E-state index contributed by atoms with van der Waals surface area (Å²) in [4.78, 5) is 44.1. The van der Waals surface area contributed by atoms with Crippen molar-refractivity contribution in [1.82, 2.24) is 5.32 Å². The number of carbonyl (C=O) groups excluding carboxylic acids is 2. The Hall–Kier alpha value is -3.37. The van der Waals surface area contributed by atoms with E-state index in [1.807, 2.05) is 5.32 Å². The number of non-ortho nitro benzene ring substituents is 1. The normalized spacial score (nSPS) is 11.8. The number of carboxylic acids is 1. The minimum atomic E-state index is -1.55. The standard InChI is InChI=1S/C15H18N2O9/c1-15(2,3)26-13(20)16-11(12(18)19)8-24-14(21)25-10-6-4-9(5-7-10)17(22)23/h4-7,11H,8H2,1-3H3,(H,16,20)(H,18,19). The average Bonchev–Trinajstić information content (AvgIpc) is 2.49. The van der Waals surface area contributed by atoms with E-state index in [4.69, 9.17) is 14.6 Å². The number of rotatable bonds is 6. The van der Waals surface area contributed by atoms with Crippen LogP contribution < -0.4 is 10.1 Å². The van der Waals surface area contributed by atoms with Crippen LogP contribution in [-0.4, -0.2) is 46.5 Å². The number of hydrogen-bond acceptors (Lipinski definition) is 8. The fourth-order valence-electron chi connectivity index (χ4n) is 1.54. The summed E-state index contributed by atoms with van der Waals surface area (Å²) in [6.45, 7) is 4.08. The number of benzene rings is 1. The third-order valence-electron chi connectivity index (χ3n) is 2.61. The first-order chi connectivity index (χ1) is 12.0. The first-order valence-corrected chi connectivity index (χ1v) is 7.29. The van der Waals surface area contributed by atoms with Gasteiger partial charge in [-0.1, -0.05) is 0 Å². The molecule has 0 aliphatic rings. The van der Waals surface area contributed by atoms with Crippen molar-refractivity contribution < 1.29 is 38.6 Å². The molecule has 0 radical (unpaired) electrons. The van der Waals surface area contributed by atoms with Crippen LogP contribution in [-0.2, 0) is 14.3 Å². The second kappa shape index (κ2) is 8.65. The van der Waals surface area contributed by atoms with E-state index < -0.39 is 41.4 Å². The molecule has 0 saturated heterocycles. The lowest BCUT2D eigenvalue weighted by Crippen LogP contribution is -2.46. The zero-order valence-corrected chi connectivity index (χ0v) is 14.3. The Kier molecular flexibility index (Phi) is 6.88. The van der Waals surface area contributed by atoms with Crippen LogP contribution in [0.15, 0.2) is 24.3 Å². The van der Waals surface area contributed by atoms with Gasteiger partial charge in [0.25, 0.3) is 5.69 Å². The van der Waals surface area contributed by atoms with E-state index in [-0.39, 0.29) is 11.4 Å². The van der Waals surface area contributed by atoms with Crippen molar-refractivity contribution in [3.63, 3.8) is 0 Å². The average molecular weight is 370 g/mol. The molecule has 0 heterocycles. The Balaban J connectivity index is 2.55. The number of hydrogen-bond donors (Lipinski definition) is 2. The smallest absolute Gasteiger partial charge is 0.480 e. The van der Waals surface area contributed by atoms with E-state index in [1.54, 1.807) is 20.8 Å². The number of alkyl carbamates (subject to hydrolysis) is 1. The van der Waals surface area contributed by atoms with Gasteiger partial charge in [0.15, 0.2) is 6.04 Å². The third kappa shape index (κ3) is 7.47. The van der Waals surface area contributed by atoms with Gasteiger partial charge in [-0.15, -0.1) is 0 Å². The summed E-state index contributed by atoms with van der Waals surface area (Å²) in [5, 5.41) is 21.6. The topological polar surface area (TPSA) is 154 Å². The molecule has 0 aliphatic carbocycles. The summed E-state index contributed by atoms with van der Waals surface area (Å²) in [6.07, 6.45) is -2.23. The van der Waals surface area contributed by atoms with Crippen molar-refractivity contribution in [3.8, 4) is 5.75 Å². The predicted octanol–water partition coefficient (Wildman–Crippen LogP) is 2.09. The van der Waals surface area contributed by atoms with Crippen LogP contribution >= 0.6 is 0 Å². The number of carbonyl (C=O) groups is 3. The summed E-state index contributed by atoms with van der Waals surface area (Å²) in [5.74, 6) is -1.48. The van der Waals surface area contributed by atoms with E-state index in [9.17, 15) is 24.5 Å². The SMILES string of the molecule is CC(C)(C)OC(=O)NC(COC(=O)Oc1ccc([N+](=O)[O-])cc1)C(=O)O. The highest BCUT2D eigenvalue weighted by Crippen LogP contribution is 2.17. The maximum absolute atomic E-state index is 11.6. The second-order valence-electron chi connectivity index (χ2n) is 5.95. The van der Waals surface area contributed by atoms with Crippen molar-refractivity contribution in [2.75, 3.05) is 6.61 Å². The summed E-state index contributed by atoms with van der Waals surface area (Å²) < 4.78 is 14.3. The molecule has 0 fully saturated rings. The van der Waals surface area contributed by atoms with Gasteiger partial charge >= 0.3 is 18.2 Å². The molecule has 142 valence electrons. The Labute approximate surface area is 148 Å². The number of aliphatic carboxylic acids is 1. The Bertz CT molecular complexity index is 679. The van der Waals surface area contributed by atoms with Crippen LogP contribution in [0.1, 0.15) is 20.8 Å². The zero-order valence-electron chi connectivity index (χ0n) is 14.3. The number of carboxylic acid groups (broad SMARTS) is 1. The van der Waals surface area contributed by atoms with Crippen LogP contribution in [0.3, 0.4) is 0 Å². The minimum Gasteiger partial charge on any atom is -0.480 e. The van der Waals surface area contributed by atoms with E-state index in [2.05, 4.69) is 4.74 Å². The van der Waals surface area contributed by atoms with E-state index >= 15 is 0 Å². The van der Waals surface area contributed by atoms with Crippen LogP contribution in [0.5, 0.6) is 5.75 Å². The fourth-order valence-corrected chi connectivity index (χ4v) is 1.54. The lowest BCUT2D eigenvalue weighted by atomic mass is 10.2. The van der Waals surface area contributed by atoms with E-state index in [0.29, 0.717) is 0 Å². The van der Waals surface area contributed by atoms with Crippen molar-refractivity contribution in [3.05, 3.63) is 34.4 Å². The molecule has 1 aromatic carbocycles. The number of nitrogens with one attached hydrogen (secondary N) is 1. The van der Waals surface area contributed by atoms with E-state index in [1.165, 1.54) is 12.1 Å². The number of amides is 1. The molecule has 0 bridgehead atoms. The van der Waals surface area contributed by atoms with Crippen LogP contribution in [0.2, 0.25) is 0 Å². The van der Waals surface area contributed by atoms with Gasteiger partial charge in [-0.3, -0.25) is 10.1 Å². The number of nitro groups is 1. The first-order valence-electron chi connectivity index (χ1n) is 7.29. The summed E-state index contributed by atoms with van der Waals surface area (Å²) in [7, 11) is 0. The lowest BCUT2D eigenvalue weighted by Gasteiger charge is -2.21. The quantitative estimate of drug-likeness (QED) is 0.331. The van der Waals surface area contributed by atoms with Crippen LogP contribution in [0.25, 0.3) is 0 Å². The molecule has 1 rings (SSSR count). The van der Waals surface area contributed by atoms with Gasteiger partial charge in [0.1, 0.15) is 18.0 Å². The Morgan fingerprint density at radius 1 is 1.23 bits per heavy atom. The molecule has 1 atom stereocenters. The molecule has 0 spiro atoms. The summed E-state index contributed by atoms with van der Waals surface area (Å²) in [5.41, 5.74) is -1.03. The number of nitrogens with zero attached hydrogens (tertiary/aromatic N) is 1. The van der Waals surface area contributed by atoms with Gasteiger partial charge in [-0.2, -0.15) is 0 Å². The highest BCUT2D eigenvalue weighted by molar-refractivity contribution is 5.80. The van der Waals surface area contributed by atoms with Gasteiger partial charge in [0.05, 0.1) is 4.92 Å². The Morgan fingerprint density at radius 2 is 1.81 bits per heavy atom. The van der Waals surface area contributed by atoms with Crippen molar-refractivity contribution in [2.24, 2.45) is 0 Å². The molecular weight excluding hydrogens is 352 g/mol. The first kappa shape index (κ1) is 20.7. The molecule has 0 aliphatic heterocycles. The molecular formula is C15H18N2O9. The molecule has 0 saturated carbocycles. The van der Waals surface area contributed by atoms with Crippen molar-refractivity contribution >= 4 is 23.9 Å². The lowest BCUT2D eigenvalue weighted by molar-refractivity contribution is -0.384. The third-order valence-corrected chi connectivity index (χ3v) is 2.61. The monoisotopic (exact) mass is 370 g/mol. The van der Waals surface area contributed by atoms with Crippen molar-refractivity contribution in [2.45, 2.75) is 32.4 Å². The molecule has 1 unspecified atom stereocenters. The largest absolute Gasteiger partial charge is 0.513 e. The molecule has 0 aromatic heterocycles. The molecule has 1 amide bonds. The predicted molar refractivity (Wildman–Crippen MR) is 85.9 cm³/mol. The van der Waals surface area contributed by atoms with Gasteiger partial charge in [0, 0.05) is 12.1 Å². The molecule has 11 heteroatoms. The second-order valence-corrected chi connectivity index (χ2v) is 5.95. The summed E-state index contributed by atoms with van der Waals surface area (Å²) in [6, 6.07) is 3.04. The van der Waals surface area contributed by atoms with E-state index in [0.717, 1.165) is 12.1 Å². The molecule has 11 nitrogen and oxygen atoms in total. The van der Waals surface area contributed by atoms with Crippen molar-refractivity contribution in [1.29, 1.82) is 0 Å². The molecule has 2 N–H and O–H groups in total. The van der Waals surface area contributed by atoms with Gasteiger partial charge < -0.3 is 24.6 Å². The fraction of sp³-hybridized carbons (Fsp3) is 0.400. The van der Waals surface area contributed by atoms with Gasteiger partial charge in [-0.05, 0) is 32.9 Å². The maximum atomic E-state index is 11.6. The number of ether oxygens (including phenoxy) is 3. The highest BCUT2D eigenvalue weighted by atomic mass is 16.7. The maximum Gasteiger partial charge on any atom is 0.513 e. The van der Waals surface area contributed by atoms with Crippen LogP contribution in [0.4, 0.5) is 15.3 Å². The zero-order chi connectivity index (χ0) is 19.9.